The molecule has 3 N–H and O–H groups in total. The summed E-state index contributed by atoms with van der Waals surface area (Å²) in [6.45, 7) is 4.54. The highest BCUT2D eigenvalue weighted by Crippen LogP contribution is 2.15. The van der Waals surface area contributed by atoms with Crippen molar-refractivity contribution in [3.8, 4) is 0 Å². The van der Waals surface area contributed by atoms with Gasteiger partial charge in [0.05, 0.1) is 18.8 Å². The zero-order valence-corrected chi connectivity index (χ0v) is 21.6. The lowest BCUT2D eigenvalue weighted by atomic mass is 10.1. The van der Waals surface area contributed by atoms with Crippen LogP contribution in [0.1, 0.15) is 30.5 Å². The van der Waals surface area contributed by atoms with Crippen LogP contribution in [-0.4, -0.2) is 39.6 Å². The Balaban J connectivity index is 0.00000512. The second-order valence-corrected chi connectivity index (χ2v) is 9.27. The van der Waals surface area contributed by atoms with Crippen molar-refractivity contribution in [3.05, 3.63) is 65.0 Å². The molecule has 0 atom stereocenters. The van der Waals surface area contributed by atoms with Gasteiger partial charge in [-0.05, 0) is 54.3 Å². The fourth-order valence-electron chi connectivity index (χ4n) is 2.91. The molecule has 0 radical (unpaired) electrons. The number of guanidine groups is 1. The van der Waals surface area contributed by atoms with E-state index in [1.54, 1.807) is 0 Å². The summed E-state index contributed by atoms with van der Waals surface area (Å²) in [5, 5.41) is 8.79. The summed E-state index contributed by atoms with van der Waals surface area (Å²) in [5.74, 6) is -0.521. The number of halogens is 2. The van der Waals surface area contributed by atoms with E-state index in [-0.39, 0.29) is 48.7 Å². The molecule has 2 rings (SSSR count). The Morgan fingerprint density at radius 3 is 2.47 bits per heavy atom. The molecular formula is C22H30FIN4O3S. The first kappa shape index (κ1) is 27.8. The third-order valence-electron chi connectivity index (χ3n) is 4.37. The van der Waals surface area contributed by atoms with Crippen LogP contribution in [0.2, 0.25) is 0 Å². The largest absolute Gasteiger partial charge is 0.357 e. The molecule has 0 spiro atoms. The van der Waals surface area contributed by atoms with Crippen LogP contribution in [0.25, 0.3) is 0 Å². The summed E-state index contributed by atoms with van der Waals surface area (Å²) in [4.78, 5) is 16.7. The van der Waals surface area contributed by atoms with Crippen LogP contribution >= 0.6 is 24.0 Å². The van der Waals surface area contributed by atoms with Gasteiger partial charge in [-0.2, -0.15) is 0 Å². The lowest BCUT2D eigenvalue weighted by Gasteiger charge is -2.13. The van der Waals surface area contributed by atoms with Gasteiger partial charge in [0.2, 0.25) is 5.91 Å². The Hall–Kier alpha value is -2.21. The molecule has 0 saturated carbocycles. The van der Waals surface area contributed by atoms with Gasteiger partial charge < -0.3 is 16.0 Å². The lowest BCUT2D eigenvalue weighted by Crippen LogP contribution is -2.41. The van der Waals surface area contributed by atoms with E-state index < -0.39 is 15.7 Å². The second kappa shape index (κ2) is 13.4. The maximum absolute atomic E-state index is 13.7. The molecule has 0 saturated heterocycles. The third-order valence-corrected chi connectivity index (χ3v) is 5.21. The molecule has 0 aliphatic heterocycles. The molecule has 7 nitrogen and oxygen atoms in total. The van der Waals surface area contributed by atoms with Crippen LogP contribution < -0.4 is 16.0 Å². The summed E-state index contributed by atoms with van der Waals surface area (Å²) in [5.41, 5.74) is 2.82. The number of anilines is 1. The first-order chi connectivity index (χ1) is 14.7. The molecule has 32 heavy (non-hydrogen) atoms. The molecule has 2 aromatic rings. The number of aliphatic imine (C=N–C) groups is 1. The third kappa shape index (κ3) is 9.94. The summed E-state index contributed by atoms with van der Waals surface area (Å²) in [6, 6.07) is 11.6. The van der Waals surface area contributed by atoms with E-state index in [4.69, 9.17) is 0 Å². The number of benzene rings is 2. The summed E-state index contributed by atoms with van der Waals surface area (Å²) in [6.07, 6.45) is 2.00. The predicted molar refractivity (Wildman–Crippen MR) is 138 cm³/mol. The van der Waals surface area contributed by atoms with Crippen LogP contribution in [-0.2, 0) is 33.4 Å². The number of hydrogen-bond acceptors (Lipinski definition) is 4. The Bertz CT molecular complexity index is 1050. The van der Waals surface area contributed by atoms with Crippen molar-refractivity contribution in [2.45, 2.75) is 32.6 Å². The average molecular weight is 576 g/mol. The van der Waals surface area contributed by atoms with Gasteiger partial charge in [0.15, 0.2) is 15.8 Å². The van der Waals surface area contributed by atoms with E-state index in [9.17, 15) is 17.6 Å². The van der Waals surface area contributed by atoms with Crippen molar-refractivity contribution in [1.29, 1.82) is 0 Å². The molecule has 10 heteroatoms. The quantitative estimate of drug-likeness (QED) is 0.242. The van der Waals surface area contributed by atoms with Crippen molar-refractivity contribution < 1.29 is 17.6 Å². The zero-order chi connectivity index (χ0) is 22.9. The molecule has 0 unspecified atom stereocenters. The van der Waals surface area contributed by atoms with E-state index in [0.717, 1.165) is 23.9 Å². The molecular weight excluding hydrogens is 546 g/mol. The number of aryl methyl sites for hydroxylation is 1. The molecule has 176 valence electrons. The number of nitrogens with zero attached hydrogens (tertiary/aromatic N) is 1. The first-order valence-electron chi connectivity index (χ1n) is 10.1. The minimum absolute atomic E-state index is 0. The van der Waals surface area contributed by atoms with Crippen molar-refractivity contribution >= 4 is 51.4 Å². The van der Waals surface area contributed by atoms with Gasteiger partial charge in [0.25, 0.3) is 0 Å². The minimum atomic E-state index is -3.27. The van der Waals surface area contributed by atoms with Crippen molar-refractivity contribution in [2.24, 2.45) is 4.99 Å². The van der Waals surface area contributed by atoms with Gasteiger partial charge in [-0.1, -0.05) is 25.1 Å². The Morgan fingerprint density at radius 1 is 1.06 bits per heavy atom. The Labute approximate surface area is 206 Å². The standard InChI is InChI=1S/C22H29FN4O3S.HI/c1-4-16-7-6-8-20(11-16)27-21(28)14-26-22(24-5-2)25-13-18-12-19(23)10-9-17(18)15-31(3,29)30;/h6-12H,4-5,13-15H2,1-3H3,(H,27,28)(H2,24,25,26);1H. The zero-order valence-electron chi connectivity index (χ0n) is 18.4. The maximum Gasteiger partial charge on any atom is 0.243 e. The fraction of sp³-hybridized carbons (Fsp3) is 0.364. The van der Waals surface area contributed by atoms with Crippen LogP contribution in [0.3, 0.4) is 0 Å². The number of nitrogens with one attached hydrogen (secondary N) is 3. The Morgan fingerprint density at radius 2 is 1.81 bits per heavy atom. The van der Waals surface area contributed by atoms with Crippen molar-refractivity contribution in [2.75, 3.05) is 24.7 Å². The average Bonchev–Trinajstić information content (AvgIpc) is 2.71. The first-order valence-corrected chi connectivity index (χ1v) is 12.1. The molecule has 0 fully saturated rings. The predicted octanol–water partition coefficient (Wildman–Crippen LogP) is 3.24. The Kier molecular flexibility index (Phi) is 11.6. The van der Waals surface area contributed by atoms with E-state index in [1.165, 1.54) is 18.2 Å². The number of hydrogen-bond donors (Lipinski definition) is 3. The molecule has 0 aliphatic rings. The smallest absolute Gasteiger partial charge is 0.243 e. The number of carbonyl (C=O) groups is 1. The summed E-state index contributed by atoms with van der Waals surface area (Å²) in [7, 11) is -3.27. The minimum Gasteiger partial charge on any atom is -0.357 e. The van der Waals surface area contributed by atoms with Crippen molar-refractivity contribution in [1.82, 2.24) is 10.6 Å². The molecule has 0 heterocycles. The fourth-order valence-corrected chi connectivity index (χ4v) is 3.76. The van der Waals surface area contributed by atoms with Gasteiger partial charge in [-0.25, -0.2) is 17.8 Å². The highest BCUT2D eigenvalue weighted by molar-refractivity contribution is 14.0. The molecule has 0 aliphatic carbocycles. The van der Waals surface area contributed by atoms with Crippen molar-refractivity contribution in [3.63, 3.8) is 0 Å². The number of amides is 1. The van der Waals surface area contributed by atoms with Gasteiger partial charge >= 0.3 is 0 Å². The second-order valence-electron chi connectivity index (χ2n) is 7.13. The van der Waals surface area contributed by atoms with E-state index >= 15 is 0 Å². The van der Waals surface area contributed by atoms with E-state index in [2.05, 4.69) is 20.9 Å². The molecule has 0 aromatic heterocycles. The number of rotatable bonds is 9. The van der Waals surface area contributed by atoms with Gasteiger partial charge in [0.1, 0.15) is 5.82 Å². The monoisotopic (exact) mass is 576 g/mol. The lowest BCUT2D eigenvalue weighted by molar-refractivity contribution is -0.115. The SMILES string of the molecule is CCNC(=NCc1cc(F)ccc1CS(C)(=O)=O)NCC(=O)Nc1cccc(CC)c1.I. The van der Waals surface area contributed by atoms with E-state index in [1.807, 2.05) is 38.1 Å². The van der Waals surface area contributed by atoms with Crippen LogP contribution in [0.15, 0.2) is 47.5 Å². The topological polar surface area (TPSA) is 99.7 Å². The summed E-state index contributed by atoms with van der Waals surface area (Å²) < 4.78 is 37.0. The maximum atomic E-state index is 13.7. The number of sulfone groups is 1. The van der Waals surface area contributed by atoms with Gasteiger partial charge in [-0.3, -0.25) is 4.79 Å². The van der Waals surface area contributed by atoms with Crippen LogP contribution in [0, 0.1) is 5.82 Å². The highest BCUT2D eigenvalue weighted by atomic mass is 127. The molecule has 0 bridgehead atoms. The highest BCUT2D eigenvalue weighted by Gasteiger charge is 2.11. The molecule has 1 amide bonds. The van der Waals surface area contributed by atoms with Gasteiger partial charge in [-0.15, -0.1) is 24.0 Å². The molecule has 2 aromatic carbocycles. The normalized spacial score (nSPS) is 11.4. The summed E-state index contributed by atoms with van der Waals surface area (Å²) >= 11 is 0. The van der Waals surface area contributed by atoms with Gasteiger partial charge in [0, 0.05) is 18.5 Å². The van der Waals surface area contributed by atoms with E-state index in [0.29, 0.717) is 23.6 Å². The van der Waals surface area contributed by atoms with Crippen LogP contribution in [0.5, 0.6) is 0 Å². The number of carbonyl (C=O) groups excluding carboxylic acids is 1. The van der Waals surface area contributed by atoms with Crippen LogP contribution in [0.4, 0.5) is 10.1 Å².